The van der Waals surface area contributed by atoms with Crippen LogP contribution in [0.15, 0.2) is 42.6 Å². The molecule has 0 bridgehead atoms. The van der Waals surface area contributed by atoms with Crippen molar-refractivity contribution in [3.63, 3.8) is 0 Å². The molecule has 0 unspecified atom stereocenters. The minimum Gasteiger partial charge on any atom is -0.375 e. The van der Waals surface area contributed by atoms with Crippen LogP contribution >= 0.6 is 0 Å². The lowest BCUT2D eigenvalue weighted by atomic mass is 9.88. The van der Waals surface area contributed by atoms with Gasteiger partial charge in [0.05, 0.1) is 0 Å². The number of aliphatic hydroxyl groups is 1. The standard InChI is InChI=1S/C18H19FN2O2/c1-12-9-13(16(19)20-10-12)11-21-17(22)18(23,15-7-8-15)14-5-3-2-4-6-14/h2-6,9-10,15,23H,7-8,11H2,1H3,(H,21,22)/t18-/m1/s1. The highest BCUT2D eigenvalue weighted by Crippen LogP contribution is 2.45. The summed E-state index contributed by atoms with van der Waals surface area (Å²) in [6.07, 6.45) is 3.05. The number of amides is 1. The first-order valence-corrected chi connectivity index (χ1v) is 7.69. The third kappa shape index (κ3) is 3.10. The lowest BCUT2D eigenvalue weighted by molar-refractivity contribution is -0.143. The Morgan fingerprint density at radius 2 is 2.09 bits per heavy atom. The van der Waals surface area contributed by atoms with Crippen LogP contribution in [0.1, 0.15) is 29.5 Å². The number of rotatable bonds is 5. The van der Waals surface area contributed by atoms with Crippen LogP contribution in [0.3, 0.4) is 0 Å². The maximum atomic E-state index is 13.7. The summed E-state index contributed by atoms with van der Waals surface area (Å²) in [6, 6.07) is 10.5. The average molecular weight is 314 g/mol. The first kappa shape index (κ1) is 15.6. The summed E-state index contributed by atoms with van der Waals surface area (Å²) < 4.78 is 13.7. The van der Waals surface area contributed by atoms with E-state index in [2.05, 4.69) is 10.3 Å². The van der Waals surface area contributed by atoms with Crippen molar-refractivity contribution in [3.8, 4) is 0 Å². The van der Waals surface area contributed by atoms with Gasteiger partial charge >= 0.3 is 0 Å². The van der Waals surface area contributed by atoms with E-state index in [1.54, 1.807) is 30.3 Å². The highest BCUT2D eigenvalue weighted by Gasteiger charge is 2.50. The number of nitrogens with one attached hydrogen (secondary N) is 1. The van der Waals surface area contributed by atoms with Gasteiger partial charge in [-0.25, -0.2) is 4.98 Å². The molecule has 1 amide bonds. The Labute approximate surface area is 134 Å². The van der Waals surface area contributed by atoms with Gasteiger partial charge in [-0.3, -0.25) is 4.79 Å². The zero-order valence-electron chi connectivity index (χ0n) is 12.9. The number of carbonyl (C=O) groups is 1. The second-order valence-electron chi connectivity index (χ2n) is 6.05. The van der Waals surface area contributed by atoms with Crippen LogP contribution in [-0.4, -0.2) is 16.0 Å². The van der Waals surface area contributed by atoms with E-state index in [1.807, 2.05) is 13.0 Å². The highest BCUT2D eigenvalue weighted by atomic mass is 19.1. The Morgan fingerprint density at radius 1 is 1.39 bits per heavy atom. The van der Waals surface area contributed by atoms with Gasteiger partial charge in [-0.2, -0.15) is 4.39 Å². The van der Waals surface area contributed by atoms with Crippen molar-refractivity contribution in [1.29, 1.82) is 0 Å². The van der Waals surface area contributed by atoms with Gasteiger partial charge in [0.2, 0.25) is 5.95 Å². The predicted molar refractivity (Wildman–Crippen MR) is 83.8 cm³/mol. The lowest BCUT2D eigenvalue weighted by Crippen LogP contribution is -2.46. The summed E-state index contributed by atoms with van der Waals surface area (Å²) >= 11 is 0. The zero-order chi connectivity index (χ0) is 16.4. The number of hydrogen-bond acceptors (Lipinski definition) is 3. The van der Waals surface area contributed by atoms with E-state index in [1.165, 1.54) is 6.20 Å². The first-order chi connectivity index (χ1) is 11.0. The molecule has 2 aromatic rings. The molecule has 1 aromatic heterocycles. The summed E-state index contributed by atoms with van der Waals surface area (Å²) in [6.45, 7) is 1.81. The highest BCUT2D eigenvalue weighted by molar-refractivity contribution is 5.87. The quantitative estimate of drug-likeness (QED) is 0.833. The van der Waals surface area contributed by atoms with Crippen LogP contribution in [0.5, 0.6) is 0 Å². The second kappa shape index (κ2) is 6.08. The molecule has 1 fully saturated rings. The molecule has 0 aliphatic heterocycles. The molecule has 23 heavy (non-hydrogen) atoms. The fraction of sp³-hybridized carbons (Fsp3) is 0.333. The number of carbonyl (C=O) groups excluding carboxylic acids is 1. The fourth-order valence-electron chi connectivity index (χ4n) is 2.79. The van der Waals surface area contributed by atoms with Crippen molar-refractivity contribution in [3.05, 3.63) is 65.2 Å². The van der Waals surface area contributed by atoms with Crippen LogP contribution in [0.2, 0.25) is 0 Å². The van der Waals surface area contributed by atoms with Crippen LogP contribution in [0.25, 0.3) is 0 Å². The molecule has 1 aliphatic carbocycles. The van der Waals surface area contributed by atoms with Crippen molar-refractivity contribution < 1.29 is 14.3 Å². The Bertz CT molecular complexity index is 716. The summed E-state index contributed by atoms with van der Waals surface area (Å²) in [5.41, 5.74) is 0.137. The smallest absolute Gasteiger partial charge is 0.257 e. The number of aromatic nitrogens is 1. The van der Waals surface area contributed by atoms with Crippen molar-refractivity contribution in [2.45, 2.75) is 31.9 Å². The molecule has 1 aromatic carbocycles. The number of nitrogens with zero attached hydrogens (tertiary/aromatic N) is 1. The lowest BCUT2D eigenvalue weighted by Gasteiger charge is -2.27. The Morgan fingerprint density at radius 3 is 2.74 bits per heavy atom. The number of benzene rings is 1. The molecular weight excluding hydrogens is 295 g/mol. The normalized spacial score (nSPS) is 16.7. The van der Waals surface area contributed by atoms with E-state index in [9.17, 15) is 14.3 Å². The minimum absolute atomic E-state index is 0.00120. The Hall–Kier alpha value is -2.27. The topological polar surface area (TPSA) is 62.2 Å². The SMILES string of the molecule is Cc1cnc(F)c(CNC(=O)[C@@](O)(c2ccccc2)C2CC2)c1. The average Bonchev–Trinajstić information content (AvgIpc) is 3.40. The summed E-state index contributed by atoms with van der Waals surface area (Å²) in [7, 11) is 0. The Kier molecular flexibility index (Phi) is 4.13. The predicted octanol–water partition coefficient (Wildman–Crippen LogP) is 2.44. The van der Waals surface area contributed by atoms with Crippen molar-refractivity contribution in [1.82, 2.24) is 10.3 Å². The molecule has 0 spiro atoms. The van der Waals surface area contributed by atoms with Gasteiger partial charge in [-0.15, -0.1) is 0 Å². The molecule has 0 saturated heterocycles. The van der Waals surface area contributed by atoms with E-state index in [-0.39, 0.29) is 12.5 Å². The van der Waals surface area contributed by atoms with Crippen molar-refractivity contribution >= 4 is 5.91 Å². The molecule has 5 heteroatoms. The van der Waals surface area contributed by atoms with E-state index in [0.29, 0.717) is 11.1 Å². The Balaban J connectivity index is 1.79. The monoisotopic (exact) mass is 314 g/mol. The van der Waals surface area contributed by atoms with Crippen molar-refractivity contribution in [2.75, 3.05) is 0 Å². The molecule has 1 heterocycles. The van der Waals surface area contributed by atoms with Crippen LogP contribution in [0.4, 0.5) is 4.39 Å². The summed E-state index contributed by atoms with van der Waals surface area (Å²) in [4.78, 5) is 16.3. The molecule has 3 rings (SSSR count). The molecule has 4 nitrogen and oxygen atoms in total. The maximum Gasteiger partial charge on any atom is 0.257 e. The summed E-state index contributed by atoms with van der Waals surface area (Å²) in [5.74, 6) is -1.19. The van der Waals surface area contributed by atoms with Crippen LogP contribution in [0, 0.1) is 18.8 Å². The maximum absolute atomic E-state index is 13.7. The molecule has 1 atom stereocenters. The number of halogens is 1. The van der Waals surface area contributed by atoms with Crippen LogP contribution in [-0.2, 0) is 16.9 Å². The van der Waals surface area contributed by atoms with Gasteiger partial charge in [-0.1, -0.05) is 30.3 Å². The largest absolute Gasteiger partial charge is 0.375 e. The van der Waals surface area contributed by atoms with Gasteiger partial charge < -0.3 is 10.4 Å². The molecular formula is C18H19FN2O2. The van der Waals surface area contributed by atoms with E-state index >= 15 is 0 Å². The first-order valence-electron chi connectivity index (χ1n) is 7.69. The second-order valence-corrected chi connectivity index (χ2v) is 6.05. The van der Waals surface area contributed by atoms with Crippen LogP contribution < -0.4 is 5.32 Å². The molecule has 0 radical (unpaired) electrons. The molecule has 1 aliphatic rings. The molecule has 2 N–H and O–H groups in total. The number of hydrogen-bond donors (Lipinski definition) is 2. The third-order valence-electron chi connectivity index (χ3n) is 4.22. The van der Waals surface area contributed by atoms with Gasteiger partial charge in [0.1, 0.15) is 0 Å². The van der Waals surface area contributed by atoms with E-state index in [0.717, 1.165) is 18.4 Å². The van der Waals surface area contributed by atoms with Gasteiger partial charge in [0.25, 0.3) is 5.91 Å². The van der Waals surface area contributed by atoms with E-state index < -0.39 is 17.5 Å². The number of aryl methyl sites for hydroxylation is 1. The van der Waals surface area contributed by atoms with Gasteiger partial charge in [0.15, 0.2) is 5.60 Å². The number of pyridine rings is 1. The molecule has 1 saturated carbocycles. The van der Waals surface area contributed by atoms with E-state index in [4.69, 9.17) is 0 Å². The summed E-state index contributed by atoms with van der Waals surface area (Å²) in [5, 5.41) is 13.6. The third-order valence-corrected chi connectivity index (χ3v) is 4.22. The van der Waals surface area contributed by atoms with Gasteiger partial charge in [-0.05, 0) is 37.0 Å². The van der Waals surface area contributed by atoms with Gasteiger partial charge in [0, 0.05) is 24.2 Å². The fourth-order valence-corrected chi connectivity index (χ4v) is 2.79. The minimum atomic E-state index is -1.56. The zero-order valence-corrected chi connectivity index (χ0v) is 12.9. The molecule has 120 valence electrons. The van der Waals surface area contributed by atoms with Crippen molar-refractivity contribution in [2.24, 2.45) is 5.92 Å².